The van der Waals surface area contributed by atoms with Crippen LogP contribution in [-0.2, 0) is 4.79 Å². The molecule has 0 radical (unpaired) electrons. The predicted octanol–water partition coefficient (Wildman–Crippen LogP) is 2.98. The Morgan fingerprint density at radius 3 is 2.54 bits per heavy atom. The zero-order valence-corrected chi connectivity index (χ0v) is 14.2. The average Bonchev–Trinajstić information content (AvgIpc) is 3.23. The van der Waals surface area contributed by atoms with Gasteiger partial charge in [0, 0.05) is 10.9 Å². The lowest BCUT2D eigenvalue weighted by Gasteiger charge is -2.11. The van der Waals surface area contributed by atoms with Crippen LogP contribution in [0.1, 0.15) is 36.0 Å². The van der Waals surface area contributed by atoms with E-state index in [1.165, 1.54) is 24.2 Å². The summed E-state index contributed by atoms with van der Waals surface area (Å²) in [5.41, 5.74) is 6.81. The van der Waals surface area contributed by atoms with E-state index in [0.29, 0.717) is 16.6 Å². The second-order valence-electron chi connectivity index (χ2n) is 5.99. The van der Waals surface area contributed by atoms with E-state index in [2.05, 4.69) is 10.6 Å². The molecule has 1 aromatic carbocycles. The van der Waals surface area contributed by atoms with E-state index in [1.54, 1.807) is 6.07 Å². The molecule has 24 heavy (non-hydrogen) atoms. The molecule has 1 aliphatic rings. The molecule has 0 spiro atoms. The number of rotatable bonds is 6. The fourth-order valence-electron chi connectivity index (χ4n) is 2.95. The standard InChI is InChI=1S/C18H21N3O2S/c19-17(23)14-10-15(12-6-2-1-3-7-12)24-18(14)21-16(22)11-20-13-8-4-5-9-13/h1-3,6-7,10,13,20H,4-5,8-9,11H2,(H2,19,23)(H,21,22). The molecule has 3 rings (SSSR count). The topological polar surface area (TPSA) is 84.2 Å². The summed E-state index contributed by atoms with van der Waals surface area (Å²) < 4.78 is 0. The predicted molar refractivity (Wildman–Crippen MR) is 97.2 cm³/mol. The quantitative estimate of drug-likeness (QED) is 0.754. The highest BCUT2D eigenvalue weighted by molar-refractivity contribution is 7.20. The largest absolute Gasteiger partial charge is 0.366 e. The first-order valence-electron chi connectivity index (χ1n) is 8.16. The lowest BCUT2D eigenvalue weighted by Crippen LogP contribution is -2.34. The number of amides is 2. The molecule has 0 saturated heterocycles. The number of nitrogens with one attached hydrogen (secondary N) is 2. The zero-order valence-electron chi connectivity index (χ0n) is 13.4. The summed E-state index contributed by atoms with van der Waals surface area (Å²) in [7, 11) is 0. The molecule has 1 aliphatic carbocycles. The number of anilines is 1. The number of hydrogen-bond donors (Lipinski definition) is 3. The van der Waals surface area contributed by atoms with Gasteiger partial charge in [-0.2, -0.15) is 0 Å². The Morgan fingerprint density at radius 1 is 1.17 bits per heavy atom. The first-order chi connectivity index (χ1) is 11.6. The summed E-state index contributed by atoms with van der Waals surface area (Å²) >= 11 is 1.37. The van der Waals surface area contributed by atoms with Gasteiger partial charge in [-0.3, -0.25) is 9.59 Å². The summed E-state index contributed by atoms with van der Waals surface area (Å²) in [5, 5.41) is 6.60. The Morgan fingerprint density at radius 2 is 1.88 bits per heavy atom. The van der Waals surface area contributed by atoms with Crippen LogP contribution in [0.25, 0.3) is 10.4 Å². The lowest BCUT2D eigenvalue weighted by molar-refractivity contribution is -0.115. The third kappa shape index (κ3) is 4.01. The molecule has 5 nitrogen and oxygen atoms in total. The van der Waals surface area contributed by atoms with Crippen molar-refractivity contribution in [2.75, 3.05) is 11.9 Å². The molecule has 0 atom stereocenters. The van der Waals surface area contributed by atoms with Gasteiger partial charge in [0.1, 0.15) is 5.00 Å². The maximum atomic E-state index is 12.2. The normalized spacial score (nSPS) is 14.7. The molecule has 0 aliphatic heterocycles. The molecule has 1 aromatic heterocycles. The van der Waals surface area contributed by atoms with Crippen molar-refractivity contribution in [3.8, 4) is 10.4 Å². The van der Waals surface area contributed by atoms with Crippen molar-refractivity contribution in [2.24, 2.45) is 5.73 Å². The fourth-order valence-corrected chi connectivity index (χ4v) is 4.03. The van der Waals surface area contributed by atoms with Crippen molar-refractivity contribution in [3.63, 3.8) is 0 Å². The van der Waals surface area contributed by atoms with E-state index < -0.39 is 5.91 Å². The van der Waals surface area contributed by atoms with Gasteiger partial charge in [0.15, 0.2) is 0 Å². The molecule has 0 bridgehead atoms. The van der Waals surface area contributed by atoms with E-state index in [9.17, 15) is 9.59 Å². The summed E-state index contributed by atoms with van der Waals surface area (Å²) in [6.07, 6.45) is 4.68. The maximum Gasteiger partial charge on any atom is 0.251 e. The van der Waals surface area contributed by atoms with Crippen molar-refractivity contribution in [1.82, 2.24) is 5.32 Å². The number of carbonyl (C=O) groups excluding carboxylic acids is 2. The van der Waals surface area contributed by atoms with Gasteiger partial charge in [-0.25, -0.2) is 0 Å². The Labute approximate surface area is 145 Å². The summed E-state index contributed by atoms with van der Waals surface area (Å²) in [4.78, 5) is 24.8. The minimum atomic E-state index is -0.535. The first kappa shape index (κ1) is 16.7. The van der Waals surface area contributed by atoms with Crippen LogP contribution in [0.15, 0.2) is 36.4 Å². The van der Waals surface area contributed by atoms with Crippen molar-refractivity contribution in [1.29, 1.82) is 0 Å². The molecular weight excluding hydrogens is 322 g/mol. The molecule has 2 aromatic rings. The van der Waals surface area contributed by atoms with Gasteiger partial charge >= 0.3 is 0 Å². The van der Waals surface area contributed by atoms with Crippen molar-refractivity contribution >= 4 is 28.2 Å². The molecule has 2 amide bonds. The first-order valence-corrected chi connectivity index (χ1v) is 8.97. The van der Waals surface area contributed by atoms with Crippen LogP contribution in [0.4, 0.5) is 5.00 Å². The number of nitrogens with two attached hydrogens (primary N) is 1. The van der Waals surface area contributed by atoms with Crippen LogP contribution < -0.4 is 16.4 Å². The number of hydrogen-bond acceptors (Lipinski definition) is 4. The Balaban J connectivity index is 1.70. The van der Waals surface area contributed by atoms with E-state index in [-0.39, 0.29) is 12.5 Å². The molecule has 0 unspecified atom stereocenters. The monoisotopic (exact) mass is 343 g/mol. The average molecular weight is 343 g/mol. The molecule has 1 heterocycles. The van der Waals surface area contributed by atoms with Gasteiger partial charge in [-0.05, 0) is 24.5 Å². The highest BCUT2D eigenvalue weighted by Crippen LogP contribution is 2.35. The van der Waals surface area contributed by atoms with Gasteiger partial charge in [0.2, 0.25) is 5.91 Å². The van der Waals surface area contributed by atoms with E-state index in [0.717, 1.165) is 23.3 Å². The third-order valence-electron chi connectivity index (χ3n) is 4.22. The summed E-state index contributed by atoms with van der Waals surface area (Å²) in [6.45, 7) is 0.251. The summed E-state index contributed by atoms with van der Waals surface area (Å²) in [5.74, 6) is -0.682. The second-order valence-corrected chi connectivity index (χ2v) is 7.05. The van der Waals surface area contributed by atoms with Gasteiger partial charge in [-0.15, -0.1) is 11.3 Å². The second kappa shape index (κ2) is 7.59. The van der Waals surface area contributed by atoms with Gasteiger partial charge in [0.25, 0.3) is 5.91 Å². The van der Waals surface area contributed by atoms with Crippen molar-refractivity contribution < 1.29 is 9.59 Å². The van der Waals surface area contributed by atoms with Crippen LogP contribution in [0, 0.1) is 0 Å². The maximum absolute atomic E-state index is 12.2. The van der Waals surface area contributed by atoms with Gasteiger partial charge < -0.3 is 16.4 Å². The fraction of sp³-hybridized carbons (Fsp3) is 0.333. The van der Waals surface area contributed by atoms with E-state index in [4.69, 9.17) is 5.73 Å². The van der Waals surface area contributed by atoms with Crippen LogP contribution >= 0.6 is 11.3 Å². The smallest absolute Gasteiger partial charge is 0.251 e. The molecule has 126 valence electrons. The summed E-state index contributed by atoms with van der Waals surface area (Å²) in [6, 6.07) is 11.9. The van der Waals surface area contributed by atoms with Crippen molar-refractivity contribution in [2.45, 2.75) is 31.7 Å². The molecular formula is C18H21N3O2S. The van der Waals surface area contributed by atoms with E-state index in [1.807, 2.05) is 30.3 Å². The molecule has 1 saturated carbocycles. The minimum Gasteiger partial charge on any atom is -0.366 e. The Hall–Kier alpha value is -2.18. The molecule has 4 N–H and O–H groups in total. The molecule has 6 heteroatoms. The Bertz CT molecular complexity index is 721. The highest BCUT2D eigenvalue weighted by Gasteiger charge is 2.18. The third-order valence-corrected chi connectivity index (χ3v) is 5.31. The van der Waals surface area contributed by atoms with Crippen LogP contribution in [0.2, 0.25) is 0 Å². The number of carbonyl (C=O) groups is 2. The van der Waals surface area contributed by atoms with Crippen molar-refractivity contribution in [3.05, 3.63) is 42.0 Å². The van der Waals surface area contributed by atoms with E-state index >= 15 is 0 Å². The SMILES string of the molecule is NC(=O)c1cc(-c2ccccc2)sc1NC(=O)CNC1CCCC1. The van der Waals surface area contributed by atoms with Crippen LogP contribution in [-0.4, -0.2) is 24.4 Å². The van der Waals surface area contributed by atoms with Gasteiger partial charge in [-0.1, -0.05) is 43.2 Å². The van der Waals surface area contributed by atoms with Crippen LogP contribution in [0.5, 0.6) is 0 Å². The Kier molecular flexibility index (Phi) is 5.27. The zero-order chi connectivity index (χ0) is 16.9. The highest BCUT2D eigenvalue weighted by atomic mass is 32.1. The minimum absolute atomic E-state index is 0.147. The van der Waals surface area contributed by atoms with Gasteiger partial charge in [0.05, 0.1) is 12.1 Å². The van der Waals surface area contributed by atoms with Crippen LogP contribution in [0.3, 0.4) is 0 Å². The number of primary amides is 1. The molecule has 1 fully saturated rings. The number of thiophene rings is 1. The lowest BCUT2D eigenvalue weighted by atomic mass is 10.1. The number of benzene rings is 1.